The first-order chi connectivity index (χ1) is 9.47. The van der Waals surface area contributed by atoms with Crippen molar-refractivity contribution in [2.24, 2.45) is 5.92 Å². The lowest BCUT2D eigenvalue weighted by molar-refractivity contribution is -0.383. The molecular weight excluding hydrogens is 258 g/mol. The van der Waals surface area contributed by atoms with Crippen LogP contribution in [-0.2, 0) is 0 Å². The van der Waals surface area contributed by atoms with Gasteiger partial charge in [-0.2, -0.15) is 4.98 Å². The summed E-state index contributed by atoms with van der Waals surface area (Å²) >= 11 is 0. The maximum absolute atomic E-state index is 10.9. The van der Waals surface area contributed by atoms with Gasteiger partial charge in [0.05, 0.1) is 4.92 Å². The number of fused-ring (bicyclic) bond motifs is 1. The number of benzene rings is 1. The molecule has 0 saturated carbocycles. The highest BCUT2D eigenvalue weighted by atomic mass is 16.6. The second kappa shape index (κ2) is 5.90. The zero-order valence-corrected chi connectivity index (χ0v) is 11.9. The monoisotopic (exact) mass is 277 g/mol. The first kappa shape index (κ1) is 14.3. The van der Waals surface area contributed by atoms with Gasteiger partial charge >= 0.3 is 0 Å². The molecule has 2 rings (SSSR count). The standard InChI is InChI=1S/C14H19N3O3/c1-9(2)7-8-10(3)15-14-16-13-11(17(18)19)5-4-6-12(13)20-14/h4-6,9-10H,7-8H2,1-3H3,(H,15,16). The quantitative estimate of drug-likeness (QED) is 0.638. The van der Waals surface area contributed by atoms with Crippen molar-refractivity contribution in [2.45, 2.75) is 39.7 Å². The third-order valence-electron chi connectivity index (χ3n) is 3.14. The van der Waals surface area contributed by atoms with Crippen molar-refractivity contribution in [3.63, 3.8) is 0 Å². The molecular formula is C14H19N3O3. The van der Waals surface area contributed by atoms with Crippen LogP contribution in [0.3, 0.4) is 0 Å². The Morgan fingerprint density at radius 3 is 2.75 bits per heavy atom. The molecule has 0 aliphatic rings. The largest absolute Gasteiger partial charge is 0.423 e. The summed E-state index contributed by atoms with van der Waals surface area (Å²) in [4.78, 5) is 14.7. The van der Waals surface area contributed by atoms with E-state index in [2.05, 4.69) is 24.1 Å². The molecule has 0 saturated heterocycles. The average molecular weight is 277 g/mol. The van der Waals surface area contributed by atoms with Gasteiger partial charge in [0.2, 0.25) is 0 Å². The highest BCUT2D eigenvalue weighted by molar-refractivity contribution is 5.84. The molecule has 1 aromatic heterocycles. The number of nitrogens with one attached hydrogen (secondary N) is 1. The second-order valence-corrected chi connectivity index (χ2v) is 5.42. The predicted octanol–water partition coefficient (Wildman–Crippen LogP) is 3.97. The van der Waals surface area contributed by atoms with Crippen molar-refractivity contribution in [2.75, 3.05) is 5.32 Å². The van der Waals surface area contributed by atoms with Crippen LogP contribution in [0.1, 0.15) is 33.6 Å². The Morgan fingerprint density at radius 1 is 1.35 bits per heavy atom. The van der Waals surface area contributed by atoms with Gasteiger partial charge in [-0.05, 0) is 31.7 Å². The maximum Gasteiger partial charge on any atom is 0.298 e. The van der Waals surface area contributed by atoms with Gasteiger partial charge in [-0.15, -0.1) is 0 Å². The lowest BCUT2D eigenvalue weighted by Gasteiger charge is -2.12. The summed E-state index contributed by atoms with van der Waals surface area (Å²) in [6.07, 6.45) is 2.10. The third kappa shape index (κ3) is 3.26. The summed E-state index contributed by atoms with van der Waals surface area (Å²) in [5, 5.41) is 14.1. The third-order valence-corrected chi connectivity index (χ3v) is 3.14. The number of aromatic nitrogens is 1. The van der Waals surface area contributed by atoms with Crippen LogP contribution in [0.2, 0.25) is 0 Å². The van der Waals surface area contributed by atoms with E-state index in [1.54, 1.807) is 12.1 Å². The minimum Gasteiger partial charge on any atom is -0.423 e. The average Bonchev–Trinajstić information content (AvgIpc) is 2.77. The Bertz CT molecular complexity index is 607. The van der Waals surface area contributed by atoms with Gasteiger partial charge < -0.3 is 9.73 Å². The number of nitro groups is 1. The molecule has 0 bridgehead atoms. The number of hydrogen-bond acceptors (Lipinski definition) is 5. The number of nitrogens with zero attached hydrogens (tertiary/aromatic N) is 2. The molecule has 1 heterocycles. The van der Waals surface area contributed by atoms with Crippen LogP contribution in [0.4, 0.5) is 11.7 Å². The molecule has 1 atom stereocenters. The molecule has 2 aromatic rings. The smallest absolute Gasteiger partial charge is 0.298 e. The second-order valence-electron chi connectivity index (χ2n) is 5.42. The van der Waals surface area contributed by atoms with Crippen molar-refractivity contribution in [1.29, 1.82) is 0 Å². The summed E-state index contributed by atoms with van der Waals surface area (Å²) in [7, 11) is 0. The van der Waals surface area contributed by atoms with E-state index < -0.39 is 4.92 Å². The van der Waals surface area contributed by atoms with E-state index >= 15 is 0 Å². The fourth-order valence-corrected chi connectivity index (χ4v) is 2.01. The highest BCUT2D eigenvalue weighted by Crippen LogP contribution is 2.27. The van der Waals surface area contributed by atoms with Crippen LogP contribution in [0.5, 0.6) is 0 Å². The van der Waals surface area contributed by atoms with Crippen molar-refractivity contribution in [1.82, 2.24) is 4.98 Å². The predicted molar refractivity (Wildman–Crippen MR) is 77.8 cm³/mol. The maximum atomic E-state index is 10.9. The first-order valence-corrected chi connectivity index (χ1v) is 6.78. The van der Waals surface area contributed by atoms with E-state index in [4.69, 9.17) is 4.42 Å². The Kier molecular flexibility index (Phi) is 4.22. The SMILES string of the molecule is CC(C)CCC(C)Nc1nc2c([N+](=O)[O-])cccc2o1. The highest BCUT2D eigenvalue weighted by Gasteiger charge is 2.18. The summed E-state index contributed by atoms with van der Waals surface area (Å²) in [6, 6.07) is 5.25. The number of nitro benzene ring substituents is 1. The normalized spacial score (nSPS) is 12.8. The summed E-state index contributed by atoms with van der Waals surface area (Å²) in [6.45, 7) is 6.40. The van der Waals surface area contributed by atoms with E-state index in [-0.39, 0.29) is 17.2 Å². The van der Waals surface area contributed by atoms with E-state index in [9.17, 15) is 10.1 Å². The van der Waals surface area contributed by atoms with Gasteiger partial charge in [-0.1, -0.05) is 19.9 Å². The van der Waals surface area contributed by atoms with Gasteiger partial charge in [0.15, 0.2) is 11.1 Å². The molecule has 1 aromatic carbocycles. The Morgan fingerprint density at radius 2 is 2.10 bits per heavy atom. The van der Waals surface area contributed by atoms with Crippen LogP contribution in [0.15, 0.2) is 22.6 Å². The molecule has 1 unspecified atom stereocenters. The molecule has 0 amide bonds. The van der Waals surface area contributed by atoms with Crippen LogP contribution in [0, 0.1) is 16.0 Å². The van der Waals surface area contributed by atoms with Crippen molar-refractivity contribution >= 4 is 22.8 Å². The summed E-state index contributed by atoms with van der Waals surface area (Å²) < 4.78 is 5.51. The molecule has 0 radical (unpaired) electrons. The molecule has 0 aliphatic carbocycles. The van der Waals surface area contributed by atoms with Gasteiger partial charge in [0, 0.05) is 12.1 Å². The zero-order valence-electron chi connectivity index (χ0n) is 11.9. The van der Waals surface area contributed by atoms with Gasteiger partial charge in [0.25, 0.3) is 11.7 Å². The Labute approximate surface area is 117 Å². The minimum atomic E-state index is -0.448. The fourth-order valence-electron chi connectivity index (χ4n) is 2.01. The van der Waals surface area contributed by atoms with E-state index in [1.807, 2.05) is 6.92 Å². The van der Waals surface area contributed by atoms with Crippen molar-refractivity contribution in [3.8, 4) is 0 Å². The van der Waals surface area contributed by atoms with Gasteiger partial charge in [-0.25, -0.2) is 0 Å². The summed E-state index contributed by atoms with van der Waals surface area (Å²) in [5.74, 6) is 0.643. The Hall–Kier alpha value is -2.11. The number of hydrogen-bond donors (Lipinski definition) is 1. The lowest BCUT2D eigenvalue weighted by atomic mass is 10.0. The zero-order chi connectivity index (χ0) is 14.7. The summed E-state index contributed by atoms with van der Waals surface area (Å²) in [5.41, 5.74) is 0.683. The number of rotatable bonds is 6. The topological polar surface area (TPSA) is 81.2 Å². The van der Waals surface area contributed by atoms with Gasteiger partial charge in [0.1, 0.15) is 0 Å². The fraction of sp³-hybridized carbons (Fsp3) is 0.500. The van der Waals surface area contributed by atoms with Crippen molar-refractivity contribution in [3.05, 3.63) is 28.3 Å². The number of para-hydroxylation sites is 1. The number of non-ortho nitro benzene ring substituents is 1. The van der Waals surface area contributed by atoms with Crippen LogP contribution < -0.4 is 5.32 Å². The van der Waals surface area contributed by atoms with E-state index in [0.29, 0.717) is 17.5 Å². The van der Waals surface area contributed by atoms with Gasteiger partial charge in [-0.3, -0.25) is 10.1 Å². The number of oxazole rings is 1. The molecule has 0 fully saturated rings. The molecule has 108 valence electrons. The van der Waals surface area contributed by atoms with Crippen LogP contribution in [0.25, 0.3) is 11.1 Å². The Balaban J connectivity index is 2.16. The van der Waals surface area contributed by atoms with E-state index in [0.717, 1.165) is 12.8 Å². The molecule has 20 heavy (non-hydrogen) atoms. The molecule has 0 aliphatic heterocycles. The first-order valence-electron chi connectivity index (χ1n) is 6.78. The lowest BCUT2D eigenvalue weighted by Crippen LogP contribution is -2.15. The minimum absolute atomic E-state index is 0.0332. The van der Waals surface area contributed by atoms with Crippen LogP contribution in [-0.4, -0.2) is 15.9 Å². The molecule has 0 spiro atoms. The number of anilines is 1. The van der Waals surface area contributed by atoms with Crippen molar-refractivity contribution < 1.29 is 9.34 Å². The molecule has 1 N–H and O–H groups in total. The molecule has 6 nitrogen and oxygen atoms in total. The molecule has 6 heteroatoms. The van der Waals surface area contributed by atoms with Crippen LogP contribution >= 0.6 is 0 Å². The van der Waals surface area contributed by atoms with E-state index in [1.165, 1.54) is 6.07 Å².